The number of nitrogens with two attached hydrogens (primary N) is 1. The molecule has 3 N–H and O–H groups in total. The van der Waals surface area contributed by atoms with Crippen LogP contribution in [0.4, 0.5) is 11.6 Å². The number of carbonyl (C=O) groups is 1. The second-order valence-electron chi connectivity index (χ2n) is 6.66. The predicted octanol–water partition coefficient (Wildman–Crippen LogP) is 2.26. The van der Waals surface area contributed by atoms with E-state index in [1.165, 1.54) is 12.1 Å². The number of amides is 1. The number of hydrogen-bond donors (Lipinski definition) is 2. The Kier molecular flexibility index (Phi) is 4.70. The van der Waals surface area contributed by atoms with E-state index in [1.54, 1.807) is 30.5 Å². The maximum absolute atomic E-state index is 12.6. The minimum Gasteiger partial charge on any atom is -0.339 e. The highest BCUT2D eigenvalue weighted by atomic mass is 32.2. The van der Waals surface area contributed by atoms with Crippen LogP contribution < -0.4 is 10.5 Å². The van der Waals surface area contributed by atoms with E-state index < -0.39 is 10.0 Å². The van der Waals surface area contributed by atoms with Crippen LogP contribution in [0.2, 0.25) is 0 Å². The molecule has 0 unspecified atom stereocenters. The zero-order chi connectivity index (χ0) is 19.7. The van der Waals surface area contributed by atoms with Gasteiger partial charge in [-0.05, 0) is 49.2 Å². The lowest BCUT2D eigenvalue weighted by Crippen LogP contribution is -2.27. The Morgan fingerprint density at radius 1 is 1.07 bits per heavy atom. The van der Waals surface area contributed by atoms with Gasteiger partial charge in [0.15, 0.2) is 0 Å². The molecule has 0 radical (unpaired) electrons. The number of aromatic nitrogens is 2. The average molecular weight is 397 g/mol. The topological polar surface area (TPSA) is 118 Å². The molecular weight excluding hydrogens is 378 g/mol. The number of carbonyl (C=O) groups excluding carboxylic acids is 1. The highest BCUT2D eigenvalue weighted by molar-refractivity contribution is 7.89. The number of primary sulfonamides is 1. The number of rotatable bonds is 4. The molecule has 1 aliphatic heterocycles. The van der Waals surface area contributed by atoms with E-state index in [2.05, 4.69) is 15.3 Å². The smallest absolute Gasteiger partial charge is 0.253 e. The third kappa shape index (κ3) is 3.80. The Hall–Kier alpha value is -3.04. The van der Waals surface area contributed by atoms with Crippen LogP contribution in [0.1, 0.15) is 23.2 Å². The molecule has 9 heteroatoms. The van der Waals surface area contributed by atoms with E-state index in [4.69, 9.17) is 5.14 Å². The van der Waals surface area contributed by atoms with Crippen molar-refractivity contribution < 1.29 is 13.2 Å². The van der Waals surface area contributed by atoms with Gasteiger partial charge in [0, 0.05) is 35.9 Å². The van der Waals surface area contributed by atoms with E-state index in [9.17, 15) is 13.2 Å². The van der Waals surface area contributed by atoms with Crippen LogP contribution in [-0.4, -0.2) is 42.3 Å². The first-order chi connectivity index (χ1) is 13.4. The fraction of sp³-hybridized carbons (Fsp3) is 0.211. The Balaban J connectivity index is 1.58. The Labute approximate surface area is 162 Å². The highest BCUT2D eigenvalue weighted by Gasteiger charge is 2.19. The highest BCUT2D eigenvalue weighted by Crippen LogP contribution is 2.21. The maximum atomic E-state index is 12.6. The quantitative estimate of drug-likeness (QED) is 0.697. The molecule has 0 spiro atoms. The van der Waals surface area contributed by atoms with Gasteiger partial charge >= 0.3 is 0 Å². The number of anilines is 2. The van der Waals surface area contributed by atoms with Crippen molar-refractivity contribution in [1.82, 2.24) is 14.9 Å². The van der Waals surface area contributed by atoms with Crippen molar-refractivity contribution in [2.45, 2.75) is 17.7 Å². The summed E-state index contributed by atoms with van der Waals surface area (Å²) in [4.78, 5) is 23.2. The summed E-state index contributed by atoms with van der Waals surface area (Å²) >= 11 is 0. The molecule has 0 aliphatic carbocycles. The van der Waals surface area contributed by atoms with Crippen LogP contribution in [0.25, 0.3) is 10.9 Å². The summed E-state index contributed by atoms with van der Waals surface area (Å²) in [7, 11) is -3.74. The molecule has 8 nitrogen and oxygen atoms in total. The monoisotopic (exact) mass is 397 g/mol. The van der Waals surface area contributed by atoms with E-state index in [-0.39, 0.29) is 10.8 Å². The lowest BCUT2D eigenvalue weighted by Gasteiger charge is -2.15. The molecule has 0 saturated carbocycles. The van der Waals surface area contributed by atoms with Crippen molar-refractivity contribution in [3.63, 3.8) is 0 Å². The van der Waals surface area contributed by atoms with Crippen molar-refractivity contribution in [2.24, 2.45) is 5.14 Å². The molecule has 144 valence electrons. The lowest BCUT2D eigenvalue weighted by molar-refractivity contribution is 0.0793. The van der Waals surface area contributed by atoms with Gasteiger partial charge < -0.3 is 10.2 Å². The van der Waals surface area contributed by atoms with Crippen LogP contribution >= 0.6 is 0 Å². The molecular formula is C19H19N5O3S. The second kappa shape index (κ2) is 7.17. The third-order valence-corrected chi connectivity index (χ3v) is 5.59. The minimum absolute atomic E-state index is 0.0195. The van der Waals surface area contributed by atoms with Crippen molar-refractivity contribution in [3.8, 4) is 0 Å². The van der Waals surface area contributed by atoms with Crippen LogP contribution in [0.5, 0.6) is 0 Å². The van der Waals surface area contributed by atoms with Gasteiger partial charge in [0.05, 0.1) is 10.4 Å². The summed E-state index contributed by atoms with van der Waals surface area (Å²) in [6.45, 7) is 1.59. The summed E-state index contributed by atoms with van der Waals surface area (Å²) in [5.41, 5.74) is 1.89. The second-order valence-corrected chi connectivity index (χ2v) is 8.22. The average Bonchev–Trinajstić information content (AvgIpc) is 3.21. The fourth-order valence-electron chi connectivity index (χ4n) is 3.18. The number of nitrogens with one attached hydrogen (secondary N) is 1. The zero-order valence-corrected chi connectivity index (χ0v) is 15.8. The minimum atomic E-state index is -3.74. The molecule has 1 aromatic heterocycles. The van der Waals surface area contributed by atoms with Crippen LogP contribution in [0.15, 0.2) is 53.6 Å². The van der Waals surface area contributed by atoms with Gasteiger partial charge in [0.25, 0.3) is 5.91 Å². The van der Waals surface area contributed by atoms with E-state index in [0.29, 0.717) is 22.7 Å². The van der Waals surface area contributed by atoms with E-state index in [0.717, 1.165) is 31.3 Å². The molecule has 4 rings (SSSR count). The first-order valence-corrected chi connectivity index (χ1v) is 10.4. The van der Waals surface area contributed by atoms with Crippen molar-refractivity contribution in [1.29, 1.82) is 0 Å². The molecule has 28 heavy (non-hydrogen) atoms. The van der Waals surface area contributed by atoms with Crippen LogP contribution in [-0.2, 0) is 10.0 Å². The molecule has 1 fully saturated rings. The SMILES string of the molecule is NS(=O)(=O)c1ccc(Nc2ncc3ccc(C(=O)N4CCCC4)cc3n2)cc1. The summed E-state index contributed by atoms with van der Waals surface area (Å²) in [5, 5.41) is 8.95. The van der Waals surface area contributed by atoms with Gasteiger partial charge in [-0.15, -0.1) is 0 Å². The summed E-state index contributed by atoms with van der Waals surface area (Å²) < 4.78 is 22.7. The number of likely N-dealkylation sites (tertiary alicyclic amines) is 1. The van der Waals surface area contributed by atoms with Crippen LogP contribution in [0, 0.1) is 0 Å². The molecule has 3 aromatic rings. The molecule has 1 aliphatic rings. The zero-order valence-electron chi connectivity index (χ0n) is 15.0. The Bertz CT molecular complexity index is 1140. The molecule has 0 atom stereocenters. The molecule has 1 saturated heterocycles. The Morgan fingerprint density at radius 3 is 2.46 bits per heavy atom. The van der Waals surface area contributed by atoms with E-state index >= 15 is 0 Å². The van der Waals surface area contributed by atoms with Gasteiger partial charge in [-0.3, -0.25) is 4.79 Å². The summed E-state index contributed by atoms with van der Waals surface area (Å²) in [5.74, 6) is 0.368. The lowest BCUT2D eigenvalue weighted by atomic mass is 10.1. The third-order valence-electron chi connectivity index (χ3n) is 4.66. The predicted molar refractivity (Wildman–Crippen MR) is 106 cm³/mol. The normalized spacial score (nSPS) is 14.4. The van der Waals surface area contributed by atoms with Gasteiger partial charge in [0.2, 0.25) is 16.0 Å². The Morgan fingerprint density at radius 2 is 1.79 bits per heavy atom. The molecule has 2 aromatic carbocycles. The van der Waals surface area contributed by atoms with Gasteiger partial charge in [-0.1, -0.05) is 6.07 Å². The number of fused-ring (bicyclic) bond motifs is 1. The van der Waals surface area contributed by atoms with E-state index in [1.807, 2.05) is 11.0 Å². The van der Waals surface area contributed by atoms with Crippen molar-refractivity contribution in [2.75, 3.05) is 18.4 Å². The number of hydrogen-bond acceptors (Lipinski definition) is 6. The van der Waals surface area contributed by atoms with Crippen LogP contribution in [0.3, 0.4) is 0 Å². The molecule has 0 bridgehead atoms. The first-order valence-electron chi connectivity index (χ1n) is 8.86. The number of benzene rings is 2. The first kappa shape index (κ1) is 18.3. The summed E-state index contributed by atoms with van der Waals surface area (Å²) in [6, 6.07) is 11.4. The van der Waals surface area contributed by atoms with Crippen molar-refractivity contribution >= 4 is 38.5 Å². The number of nitrogens with zero attached hydrogens (tertiary/aromatic N) is 3. The van der Waals surface area contributed by atoms with Gasteiger partial charge in [-0.25, -0.2) is 23.5 Å². The van der Waals surface area contributed by atoms with Gasteiger partial charge in [0.1, 0.15) is 0 Å². The maximum Gasteiger partial charge on any atom is 0.253 e. The molecule has 1 amide bonds. The summed E-state index contributed by atoms with van der Waals surface area (Å²) in [6.07, 6.45) is 3.76. The van der Waals surface area contributed by atoms with Crippen molar-refractivity contribution in [3.05, 3.63) is 54.2 Å². The number of sulfonamides is 1. The fourth-order valence-corrected chi connectivity index (χ4v) is 3.69. The standard InChI is InChI=1S/C19H19N5O3S/c20-28(26,27)16-7-5-15(6-8-16)22-19-21-12-14-4-3-13(11-17(14)23-19)18(25)24-9-1-2-10-24/h3-8,11-12H,1-2,9-10H2,(H2,20,26,27)(H,21,22,23). The molecule has 2 heterocycles. The van der Waals surface area contributed by atoms with Gasteiger partial charge in [-0.2, -0.15) is 0 Å². The largest absolute Gasteiger partial charge is 0.339 e.